The summed E-state index contributed by atoms with van der Waals surface area (Å²) in [6.07, 6.45) is -4.89. The van der Waals surface area contributed by atoms with Crippen LogP contribution in [0.5, 0.6) is 5.75 Å². The van der Waals surface area contributed by atoms with Gasteiger partial charge < -0.3 is 29.0 Å². The molecule has 5 atom stereocenters. The molecule has 0 aromatic heterocycles. The van der Waals surface area contributed by atoms with Gasteiger partial charge >= 0.3 is 17.9 Å². The van der Waals surface area contributed by atoms with Crippen LogP contribution in [0.25, 0.3) is 0 Å². The van der Waals surface area contributed by atoms with Gasteiger partial charge in [-0.05, 0) is 19.1 Å². The van der Waals surface area contributed by atoms with E-state index in [0.717, 1.165) is 13.8 Å². The second kappa shape index (κ2) is 11.4. The average molecular weight is 465 g/mol. The quantitative estimate of drug-likeness (QED) is 0.334. The molecule has 0 aliphatic carbocycles. The SMILES string of the molecule is CC(=O)N[C@@H]1[C@H](Oc2ccccc2C(C)=O)O[C@H](COC(C)=O)[C@H](OC(C)=O)[C@H]1OC(C)=O. The molecule has 11 heteroatoms. The second-order valence-electron chi connectivity index (χ2n) is 7.39. The zero-order valence-corrected chi connectivity index (χ0v) is 19.0. The van der Waals surface area contributed by atoms with Crippen LogP contribution in [0.1, 0.15) is 45.0 Å². The first-order chi connectivity index (χ1) is 15.5. The van der Waals surface area contributed by atoms with Crippen molar-refractivity contribution in [3.05, 3.63) is 29.8 Å². The lowest BCUT2D eigenvalue weighted by molar-refractivity contribution is -0.257. The molecule has 1 amide bonds. The van der Waals surface area contributed by atoms with E-state index in [-0.39, 0.29) is 23.7 Å². The lowest BCUT2D eigenvalue weighted by atomic mass is 9.96. The monoisotopic (exact) mass is 465 g/mol. The number of Topliss-reactive ketones (excluding diaryl/α,β-unsaturated/α-hetero) is 1. The van der Waals surface area contributed by atoms with Gasteiger partial charge in [0, 0.05) is 27.7 Å². The van der Waals surface area contributed by atoms with Crippen LogP contribution in [0.2, 0.25) is 0 Å². The summed E-state index contributed by atoms with van der Waals surface area (Å²) in [6.45, 7) is 5.71. The molecule has 0 radical (unpaired) electrons. The third-order valence-electron chi connectivity index (χ3n) is 4.58. The Morgan fingerprint density at radius 1 is 0.879 bits per heavy atom. The summed E-state index contributed by atoms with van der Waals surface area (Å²) in [7, 11) is 0. The molecular weight excluding hydrogens is 438 g/mol. The van der Waals surface area contributed by atoms with Crippen molar-refractivity contribution in [1.29, 1.82) is 0 Å². The predicted octanol–water partition coefficient (Wildman–Crippen LogP) is 0.924. The highest BCUT2D eigenvalue weighted by molar-refractivity contribution is 5.96. The van der Waals surface area contributed by atoms with Gasteiger partial charge in [0.15, 0.2) is 18.0 Å². The maximum absolute atomic E-state index is 12.0. The number of ketones is 1. The van der Waals surface area contributed by atoms with Crippen LogP contribution in [-0.2, 0) is 38.1 Å². The highest BCUT2D eigenvalue weighted by atomic mass is 16.7. The molecule has 1 heterocycles. The molecule has 1 saturated heterocycles. The first-order valence-corrected chi connectivity index (χ1v) is 10.2. The molecule has 11 nitrogen and oxygen atoms in total. The van der Waals surface area contributed by atoms with E-state index in [1.165, 1.54) is 26.8 Å². The molecule has 33 heavy (non-hydrogen) atoms. The molecule has 0 saturated carbocycles. The fourth-order valence-electron chi connectivity index (χ4n) is 3.38. The summed E-state index contributed by atoms with van der Waals surface area (Å²) in [6, 6.07) is 5.24. The van der Waals surface area contributed by atoms with Crippen molar-refractivity contribution in [3.8, 4) is 5.75 Å². The number of rotatable bonds is 8. The molecule has 1 aromatic rings. The number of benzene rings is 1. The Bertz CT molecular complexity index is 914. The first-order valence-electron chi connectivity index (χ1n) is 10.2. The van der Waals surface area contributed by atoms with Crippen LogP contribution in [0.3, 0.4) is 0 Å². The van der Waals surface area contributed by atoms with E-state index in [4.69, 9.17) is 23.7 Å². The Morgan fingerprint density at radius 3 is 2.03 bits per heavy atom. The van der Waals surface area contributed by atoms with E-state index < -0.39 is 54.5 Å². The maximum Gasteiger partial charge on any atom is 0.303 e. The van der Waals surface area contributed by atoms with Crippen LogP contribution < -0.4 is 10.1 Å². The van der Waals surface area contributed by atoms with Crippen LogP contribution in [-0.4, -0.2) is 66.8 Å². The summed E-state index contributed by atoms with van der Waals surface area (Å²) in [4.78, 5) is 59.0. The van der Waals surface area contributed by atoms with Gasteiger partial charge in [-0.15, -0.1) is 0 Å². The number of carbonyl (C=O) groups excluding carboxylic acids is 5. The zero-order chi connectivity index (χ0) is 24.7. The lowest BCUT2D eigenvalue weighted by Crippen LogP contribution is -2.67. The molecule has 1 fully saturated rings. The van der Waals surface area contributed by atoms with E-state index in [1.54, 1.807) is 18.2 Å². The predicted molar refractivity (Wildman–Crippen MR) is 111 cm³/mol. The van der Waals surface area contributed by atoms with Crippen molar-refractivity contribution in [2.75, 3.05) is 6.61 Å². The summed E-state index contributed by atoms with van der Waals surface area (Å²) in [5.41, 5.74) is 0.255. The number of para-hydroxylation sites is 1. The van der Waals surface area contributed by atoms with Gasteiger partial charge in [-0.25, -0.2) is 0 Å². The van der Waals surface area contributed by atoms with E-state index in [2.05, 4.69) is 5.32 Å². The van der Waals surface area contributed by atoms with Gasteiger partial charge in [0.05, 0.1) is 5.56 Å². The Labute approximate surface area is 190 Å². The summed E-state index contributed by atoms with van der Waals surface area (Å²) < 4.78 is 27.6. The smallest absolute Gasteiger partial charge is 0.303 e. The molecular formula is C22H27NO10. The summed E-state index contributed by atoms with van der Waals surface area (Å²) in [5.74, 6) is -2.67. The third kappa shape index (κ3) is 7.28. The minimum atomic E-state index is -1.30. The second-order valence-corrected chi connectivity index (χ2v) is 7.39. The maximum atomic E-state index is 12.0. The van der Waals surface area contributed by atoms with Crippen molar-refractivity contribution in [1.82, 2.24) is 5.32 Å². The van der Waals surface area contributed by atoms with Crippen molar-refractivity contribution in [3.63, 3.8) is 0 Å². The number of hydrogen-bond donors (Lipinski definition) is 1. The molecule has 2 rings (SSSR count). The number of nitrogens with one attached hydrogen (secondary N) is 1. The third-order valence-corrected chi connectivity index (χ3v) is 4.58. The van der Waals surface area contributed by atoms with Gasteiger partial charge in [-0.3, -0.25) is 24.0 Å². The number of hydrogen-bond acceptors (Lipinski definition) is 10. The molecule has 0 bridgehead atoms. The Morgan fingerprint density at radius 2 is 1.48 bits per heavy atom. The van der Waals surface area contributed by atoms with Crippen LogP contribution >= 0.6 is 0 Å². The molecule has 1 aliphatic heterocycles. The lowest BCUT2D eigenvalue weighted by Gasteiger charge is -2.44. The molecule has 180 valence electrons. The topological polar surface area (TPSA) is 144 Å². The molecule has 1 aromatic carbocycles. The highest BCUT2D eigenvalue weighted by Gasteiger charge is 2.52. The van der Waals surface area contributed by atoms with Crippen molar-refractivity contribution in [2.24, 2.45) is 0 Å². The minimum absolute atomic E-state index is 0.157. The van der Waals surface area contributed by atoms with Crippen LogP contribution in [0.15, 0.2) is 24.3 Å². The Hall–Kier alpha value is -3.47. The number of amides is 1. The summed E-state index contributed by atoms with van der Waals surface area (Å²) in [5, 5.41) is 2.59. The Balaban J connectivity index is 2.51. The molecule has 1 aliphatic rings. The largest absolute Gasteiger partial charge is 0.463 e. The van der Waals surface area contributed by atoms with Gasteiger partial charge in [0.2, 0.25) is 12.2 Å². The van der Waals surface area contributed by atoms with Gasteiger partial charge in [-0.1, -0.05) is 12.1 Å². The van der Waals surface area contributed by atoms with Gasteiger partial charge in [0.25, 0.3) is 0 Å². The first kappa shape index (κ1) is 25.8. The fraction of sp³-hybridized carbons (Fsp3) is 0.500. The number of carbonyl (C=O) groups is 5. The van der Waals surface area contributed by atoms with E-state index in [0.29, 0.717) is 0 Å². The average Bonchev–Trinajstić information content (AvgIpc) is 2.70. The standard InChI is InChI=1S/C22H27NO10/c1-11(24)16-8-6-7-9-17(16)32-22-19(23-12(2)25)21(31-15(5)28)20(30-14(4)27)18(33-22)10-29-13(3)26/h6-9,18-22H,10H2,1-5H3,(H,23,25)/t18-,19+,20+,21+,22-/m1/s1. The van der Waals surface area contributed by atoms with Crippen molar-refractivity contribution < 1.29 is 47.7 Å². The van der Waals surface area contributed by atoms with E-state index in [9.17, 15) is 24.0 Å². The van der Waals surface area contributed by atoms with Crippen LogP contribution in [0.4, 0.5) is 0 Å². The van der Waals surface area contributed by atoms with Crippen LogP contribution in [0, 0.1) is 0 Å². The van der Waals surface area contributed by atoms with Gasteiger partial charge in [-0.2, -0.15) is 0 Å². The number of esters is 3. The minimum Gasteiger partial charge on any atom is -0.463 e. The fourth-order valence-corrected chi connectivity index (χ4v) is 3.38. The van der Waals surface area contributed by atoms with Crippen molar-refractivity contribution >= 4 is 29.6 Å². The zero-order valence-electron chi connectivity index (χ0n) is 19.0. The molecule has 1 N–H and O–H groups in total. The number of ether oxygens (including phenoxy) is 5. The highest BCUT2D eigenvalue weighted by Crippen LogP contribution is 2.30. The molecule has 0 spiro atoms. The summed E-state index contributed by atoms with van der Waals surface area (Å²) >= 11 is 0. The van der Waals surface area contributed by atoms with E-state index >= 15 is 0 Å². The molecule has 0 unspecified atom stereocenters. The normalized spacial score (nSPS) is 24.2. The van der Waals surface area contributed by atoms with Gasteiger partial charge in [0.1, 0.15) is 24.5 Å². The van der Waals surface area contributed by atoms with E-state index in [1.807, 2.05) is 0 Å². The van der Waals surface area contributed by atoms with Crippen molar-refractivity contribution in [2.45, 2.75) is 65.3 Å². The Kier molecular flexibility index (Phi) is 8.92.